The molecule has 0 spiro atoms. The molecule has 0 radical (unpaired) electrons. The summed E-state index contributed by atoms with van der Waals surface area (Å²) in [6.07, 6.45) is 5.27. The highest BCUT2D eigenvalue weighted by Crippen LogP contribution is 2.24. The van der Waals surface area contributed by atoms with Crippen LogP contribution in [0.15, 0.2) is 65.8 Å². The molecule has 1 fully saturated rings. The second kappa shape index (κ2) is 7.17. The van der Waals surface area contributed by atoms with Gasteiger partial charge in [0.05, 0.1) is 17.6 Å². The van der Waals surface area contributed by atoms with Crippen LogP contribution in [0.4, 0.5) is 11.4 Å². The lowest BCUT2D eigenvalue weighted by molar-refractivity contribution is 0.649. The van der Waals surface area contributed by atoms with Crippen LogP contribution >= 0.6 is 11.6 Å². The average molecular weight is 368 g/mol. The van der Waals surface area contributed by atoms with Crippen molar-refractivity contribution in [2.75, 3.05) is 36.0 Å². The van der Waals surface area contributed by atoms with Gasteiger partial charge in [-0.25, -0.2) is 0 Å². The molecule has 0 saturated carbocycles. The topological polar surface area (TPSA) is 54.3 Å². The van der Waals surface area contributed by atoms with Crippen LogP contribution in [0.25, 0.3) is 5.69 Å². The van der Waals surface area contributed by atoms with Gasteiger partial charge >= 0.3 is 0 Å². The molecule has 1 aliphatic rings. The number of piperazine rings is 1. The van der Waals surface area contributed by atoms with Crippen molar-refractivity contribution in [3.8, 4) is 5.69 Å². The second-order valence-corrected chi connectivity index (χ2v) is 6.45. The van der Waals surface area contributed by atoms with Gasteiger partial charge in [-0.1, -0.05) is 29.8 Å². The van der Waals surface area contributed by atoms with Crippen LogP contribution in [0.2, 0.25) is 5.02 Å². The molecule has 0 aliphatic carbocycles. The molecule has 1 aliphatic heterocycles. The van der Waals surface area contributed by atoms with Crippen molar-refractivity contribution in [1.29, 1.82) is 0 Å². The first kappa shape index (κ1) is 16.6. The first-order valence-electron chi connectivity index (χ1n) is 8.47. The number of pyridine rings is 1. The predicted octanol–water partition coefficient (Wildman–Crippen LogP) is 2.61. The van der Waals surface area contributed by atoms with Gasteiger partial charge in [-0.2, -0.15) is 9.78 Å². The van der Waals surface area contributed by atoms with E-state index in [4.69, 9.17) is 11.6 Å². The highest BCUT2D eigenvalue weighted by Gasteiger charge is 2.21. The number of halogens is 1. The Balaban J connectivity index is 1.54. The molecule has 132 valence electrons. The predicted molar refractivity (Wildman–Crippen MR) is 104 cm³/mol. The van der Waals surface area contributed by atoms with Crippen LogP contribution < -0.4 is 15.4 Å². The third kappa shape index (κ3) is 3.15. The van der Waals surface area contributed by atoms with Gasteiger partial charge in [-0.05, 0) is 24.3 Å². The molecule has 0 unspecified atom stereocenters. The zero-order valence-electron chi connectivity index (χ0n) is 14.1. The molecule has 0 bridgehead atoms. The van der Waals surface area contributed by atoms with Gasteiger partial charge in [0, 0.05) is 44.3 Å². The van der Waals surface area contributed by atoms with E-state index in [1.807, 2.05) is 42.5 Å². The van der Waals surface area contributed by atoms with E-state index >= 15 is 0 Å². The van der Waals surface area contributed by atoms with Gasteiger partial charge < -0.3 is 9.80 Å². The summed E-state index contributed by atoms with van der Waals surface area (Å²) in [4.78, 5) is 21.1. The Hall–Kier alpha value is -2.86. The van der Waals surface area contributed by atoms with E-state index in [9.17, 15) is 4.79 Å². The Morgan fingerprint density at radius 3 is 2.19 bits per heavy atom. The summed E-state index contributed by atoms with van der Waals surface area (Å²) < 4.78 is 1.33. The number of anilines is 2. The number of nitrogens with zero attached hydrogens (tertiary/aromatic N) is 5. The summed E-state index contributed by atoms with van der Waals surface area (Å²) in [5.74, 6) is 0. The van der Waals surface area contributed by atoms with E-state index in [-0.39, 0.29) is 10.6 Å². The van der Waals surface area contributed by atoms with Crippen LogP contribution in [0.5, 0.6) is 0 Å². The third-order valence-corrected chi connectivity index (χ3v) is 4.90. The maximum atomic E-state index is 12.6. The Labute approximate surface area is 156 Å². The maximum absolute atomic E-state index is 12.6. The minimum Gasteiger partial charge on any atom is -0.368 e. The molecule has 4 rings (SSSR count). The minimum absolute atomic E-state index is 0.209. The SMILES string of the molecule is O=c1c(Cl)c(N2CCN(c3ccncc3)CC2)cnn1-c1ccccc1. The lowest BCUT2D eigenvalue weighted by atomic mass is 10.2. The fourth-order valence-corrected chi connectivity index (χ4v) is 3.41. The Morgan fingerprint density at radius 2 is 1.50 bits per heavy atom. The third-order valence-electron chi connectivity index (χ3n) is 4.55. The molecule has 26 heavy (non-hydrogen) atoms. The van der Waals surface area contributed by atoms with Gasteiger partial charge in [0.2, 0.25) is 0 Å². The monoisotopic (exact) mass is 367 g/mol. The van der Waals surface area contributed by atoms with Crippen molar-refractivity contribution in [3.63, 3.8) is 0 Å². The summed E-state index contributed by atoms with van der Waals surface area (Å²) in [6.45, 7) is 3.25. The van der Waals surface area contributed by atoms with Gasteiger partial charge in [0.25, 0.3) is 5.56 Å². The molecule has 0 atom stereocenters. The second-order valence-electron chi connectivity index (χ2n) is 6.08. The molecule has 2 aromatic heterocycles. The molecule has 7 heteroatoms. The molecular weight excluding hydrogens is 350 g/mol. The fourth-order valence-electron chi connectivity index (χ4n) is 3.16. The molecule has 0 amide bonds. The highest BCUT2D eigenvalue weighted by atomic mass is 35.5. The van der Waals surface area contributed by atoms with Gasteiger partial charge in [-0.3, -0.25) is 9.78 Å². The van der Waals surface area contributed by atoms with Crippen molar-refractivity contribution < 1.29 is 0 Å². The number of rotatable bonds is 3. The van der Waals surface area contributed by atoms with Crippen molar-refractivity contribution in [2.45, 2.75) is 0 Å². The van der Waals surface area contributed by atoms with E-state index in [1.165, 1.54) is 4.68 Å². The van der Waals surface area contributed by atoms with E-state index in [1.54, 1.807) is 18.6 Å². The first-order valence-corrected chi connectivity index (χ1v) is 8.85. The quantitative estimate of drug-likeness (QED) is 0.712. The summed E-state index contributed by atoms with van der Waals surface area (Å²) in [7, 11) is 0. The van der Waals surface area contributed by atoms with Crippen LogP contribution in [0.1, 0.15) is 0 Å². The van der Waals surface area contributed by atoms with Gasteiger partial charge in [-0.15, -0.1) is 0 Å². The average Bonchev–Trinajstić information content (AvgIpc) is 2.71. The summed E-state index contributed by atoms with van der Waals surface area (Å²) in [5, 5.41) is 4.53. The molecule has 3 aromatic rings. The maximum Gasteiger partial charge on any atom is 0.292 e. The molecule has 0 N–H and O–H groups in total. The molecule has 1 saturated heterocycles. The van der Waals surface area contributed by atoms with E-state index in [0.29, 0.717) is 11.4 Å². The van der Waals surface area contributed by atoms with Crippen molar-refractivity contribution in [1.82, 2.24) is 14.8 Å². The Bertz CT molecular complexity index is 937. The Morgan fingerprint density at radius 1 is 0.846 bits per heavy atom. The normalized spacial score (nSPS) is 14.5. The summed E-state index contributed by atoms with van der Waals surface area (Å²) in [5.41, 5.74) is 2.25. The molecule has 1 aromatic carbocycles. The van der Waals surface area contributed by atoms with Gasteiger partial charge in [0.15, 0.2) is 0 Å². The van der Waals surface area contributed by atoms with Crippen LogP contribution in [-0.4, -0.2) is 40.9 Å². The van der Waals surface area contributed by atoms with Crippen molar-refractivity contribution in [3.05, 3.63) is 76.4 Å². The van der Waals surface area contributed by atoms with E-state index in [0.717, 1.165) is 31.9 Å². The molecule has 6 nitrogen and oxygen atoms in total. The van der Waals surface area contributed by atoms with E-state index in [2.05, 4.69) is 19.9 Å². The smallest absolute Gasteiger partial charge is 0.292 e. The zero-order valence-corrected chi connectivity index (χ0v) is 14.9. The number of hydrogen-bond donors (Lipinski definition) is 0. The lowest BCUT2D eigenvalue weighted by Crippen LogP contribution is -2.47. The standard InChI is InChI=1S/C19H18ClN5O/c20-18-17(14-22-25(19(18)26)16-4-2-1-3-5-16)24-12-10-23(11-13-24)15-6-8-21-9-7-15/h1-9,14H,10-13H2. The first-order chi connectivity index (χ1) is 12.7. The fraction of sp³-hybridized carbons (Fsp3) is 0.211. The zero-order chi connectivity index (χ0) is 17.9. The largest absolute Gasteiger partial charge is 0.368 e. The van der Waals surface area contributed by atoms with Crippen molar-refractivity contribution in [2.24, 2.45) is 0 Å². The molecule has 3 heterocycles. The number of para-hydroxylation sites is 1. The van der Waals surface area contributed by atoms with Gasteiger partial charge in [0.1, 0.15) is 5.02 Å². The number of aromatic nitrogens is 3. The van der Waals surface area contributed by atoms with Crippen LogP contribution in [-0.2, 0) is 0 Å². The highest BCUT2D eigenvalue weighted by molar-refractivity contribution is 6.33. The molecular formula is C19H18ClN5O. The minimum atomic E-state index is -0.299. The summed E-state index contributed by atoms with van der Waals surface area (Å²) in [6, 6.07) is 13.3. The van der Waals surface area contributed by atoms with Crippen LogP contribution in [0, 0.1) is 0 Å². The number of benzene rings is 1. The lowest BCUT2D eigenvalue weighted by Gasteiger charge is -2.37. The van der Waals surface area contributed by atoms with E-state index < -0.39 is 0 Å². The summed E-state index contributed by atoms with van der Waals surface area (Å²) >= 11 is 6.40. The Kier molecular flexibility index (Phi) is 4.58. The van der Waals surface area contributed by atoms with Crippen molar-refractivity contribution >= 4 is 23.0 Å². The number of hydrogen-bond acceptors (Lipinski definition) is 5. The van der Waals surface area contributed by atoms with Crippen LogP contribution in [0.3, 0.4) is 0 Å².